The number of aromatic nitrogens is 2. The van der Waals surface area contributed by atoms with Gasteiger partial charge in [-0.25, -0.2) is 9.78 Å². The van der Waals surface area contributed by atoms with Crippen LogP contribution in [0, 0.1) is 0 Å². The minimum atomic E-state index is -0.296. The molecule has 6 nitrogen and oxygen atoms in total. The number of fused-ring (bicyclic) bond motifs is 1. The van der Waals surface area contributed by atoms with Crippen molar-refractivity contribution in [3.8, 4) is 0 Å². The summed E-state index contributed by atoms with van der Waals surface area (Å²) in [5.74, 6) is 0.642. The number of aromatic amines is 1. The monoisotopic (exact) mass is 323 g/mol. The molecule has 0 amide bonds. The van der Waals surface area contributed by atoms with Crippen molar-refractivity contribution in [2.75, 3.05) is 33.4 Å². The largest absolute Gasteiger partial charge is 0.465 e. The first-order chi connectivity index (χ1) is 10.7. The van der Waals surface area contributed by atoms with Gasteiger partial charge in [-0.05, 0) is 6.42 Å². The Morgan fingerprint density at radius 3 is 2.91 bits per heavy atom. The zero-order chi connectivity index (χ0) is 15.5. The molecular formula is C15H21N3O3S. The molecule has 0 unspecified atom stereocenters. The molecule has 0 radical (unpaired) electrons. The van der Waals surface area contributed by atoms with E-state index >= 15 is 0 Å². The van der Waals surface area contributed by atoms with E-state index in [4.69, 9.17) is 14.5 Å². The second kappa shape index (κ2) is 6.76. The molecule has 0 bridgehead atoms. The smallest absolute Gasteiger partial charge is 0.350 e. The summed E-state index contributed by atoms with van der Waals surface area (Å²) in [5.41, 5.74) is 1.74. The molecule has 1 N–H and O–H groups in total. The maximum atomic E-state index is 12.0. The van der Waals surface area contributed by atoms with Gasteiger partial charge in [-0.15, -0.1) is 11.3 Å². The van der Waals surface area contributed by atoms with Gasteiger partial charge in [0, 0.05) is 30.9 Å². The molecule has 0 saturated carbocycles. The Balaban J connectivity index is 1.94. The van der Waals surface area contributed by atoms with Gasteiger partial charge >= 0.3 is 5.97 Å². The van der Waals surface area contributed by atoms with Gasteiger partial charge in [0.25, 0.3) is 0 Å². The zero-order valence-electron chi connectivity index (χ0n) is 13.0. The lowest BCUT2D eigenvalue weighted by molar-refractivity contribution is 0.0347. The summed E-state index contributed by atoms with van der Waals surface area (Å²) in [6, 6.07) is 0. The van der Waals surface area contributed by atoms with E-state index in [1.165, 1.54) is 18.4 Å². The lowest BCUT2D eigenvalue weighted by atomic mass is 10.3. The molecule has 2 aromatic heterocycles. The summed E-state index contributed by atoms with van der Waals surface area (Å²) in [4.78, 5) is 24.1. The molecule has 7 heteroatoms. The Morgan fingerprint density at radius 1 is 1.45 bits per heavy atom. The second-order valence-corrected chi connectivity index (χ2v) is 6.50. The van der Waals surface area contributed by atoms with Gasteiger partial charge in [0.2, 0.25) is 0 Å². The van der Waals surface area contributed by atoms with Gasteiger partial charge in [0.05, 0.1) is 25.8 Å². The molecule has 2 aromatic rings. The van der Waals surface area contributed by atoms with Crippen LogP contribution >= 0.6 is 11.3 Å². The van der Waals surface area contributed by atoms with Crippen LogP contribution in [0.15, 0.2) is 0 Å². The van der Waals surface area contributed by atoms with Crippen LogP contribution in [0.3, 0.4) is 0 Å². The van der Waals surface area contributed by atoms with Gasteiger partial charge in [-0.1, -0.05) is 6.92 Å². The van der Waals surface area contributed by atoms with Crippen LogP contribution in [0.25, 0.3) is 11.0 Å². The number of methoxy groups -OCH3 is 1. The van der Waals surface area contributed by atoms with Gasteiger partial charge in [-0.3, -0.25) is 4.90 Å². The van der Waals surface area contributed by atoms with Crippen LogP contribution in [-0.4, -0.2) is 54.3 Å². The van der Waals surface area contributed by atoms with E-state index in [1.54, 1.807) is 0 Å². The molecule has 0 atom stereocenters. The van der Waals surface area contributed by atoms with Gasteiger partial charge in [0.15, 0.2) is 0 Å². The number of hydrogen-bond donors (Lipinski definition) is 1. The normalized spacial score (nSPS) is 16.3. The summed E-state index contributed by atoms with van der Waals surface area (Å²) in [6.45, 7) is 6.28. The van der Waals surface area contributed by atoms with Crippen LogP contribution in [0.1, 0.15) is 33.7 Å². The third-order valence-corrected chi connectivity index (χ3v) is 4.94. The Bertz CT molecular complexity index is 658. The van der Waals surface area contributed by atoms with E-state index < -0.39 is 0 Å². The van der Waals surface area contributed by atoms with Crippen molar-refractivity contribution in [3.63, 3.8) is 0 Å². The first-order valence-corrected chi connectivity index (χ1v) is 8.43. The summed E-state index contributed by atoms with van der Waals surface area (Å²) in [7, 11) is 1.42. The average Bonchev–Trinajstić information content (AvgIpc) is 3.08. The Morgan fingerprint density at radius 2 is 2.23 bits per heavy atom. The molecule has 0 aromatic carbocycles. The highest BCUT2D eigenvalue weighted by Gasteiger charge is 2.23. The Labute approximate surface area is 133 Å². The number of hydrogen-bond acceptors (Lipinski definition) is 6. The summed E-state index contributed by atoms with van der Waals surface area (Å²) in [5, 5.41) is 0. The molecule has 3 heterocycles. The zero-order valence-corrected chi connectivity index (χ0v) is 13.8. The number of imidazole rings is 1. The van der Waals surface area contributed by atoms with E-state index in [9.17, 15) is 4.79 Å². The highest BCUT2D eigenvalue weighted by Crippen LogP contribution is 2.31. The fraction of sp³-hybridized carbons (Fsp3) is 0.600. The van der Waals surface area contributed by atoms with Crippen LogP contribution in [0.5, 0.6) is 0 Å². The fourth-order valence-corrected chi connectivity index (χ4v) is 3.83. The summed E-state index contributed by atoms with van der Waals surface area (Å²) >= 11 is 1.48. The van der Waals surface area contributed by atoms with Crippen molar-refractivity contribution in [3.05, 3.63) is 15.6 Å². The summed E-state index contributed by atoms with van der Waals surface area (Å²) in [6.07, 6.45) is 1.91. The van der Waals surface area contributed by atoms with E-state index in [2.05, 4.69) is 16.8 Å². The number of esters is 1. The predicted octanol–water partition coefficient (Wildman–Crippen LogP) is 2.20. The number of nitrogens with one attached hydrogen (secondary N) is 1. The number of thiophene rings is 1. The van der Waals surface area contributed by atoms with Crippen molar-refractivity contribution >= 4 is 28.3 Å². The van der Waals surface area contributed by atoms with E-state index in [1.807, 2.05) is 0 Å². The molecule has 1 aliphatic heterocycles. The number of aryl methyl sites for hydroxylation is 1. The minimum Gasteiger partial charge on any atom is -0.465 e. The number of morpholine rings is 1. The maximum Gasteiger partial charge on any atom is 0.350 e. The molecule has 1 fully saturated rings. The molecule has 120 valence electrons. The number of carbonyl (C=O) groups excluding carboxylic acids is 1. The molecule has 1 aliphatic rings. The third kappa shape index (κ3) is 3.02. The van der Waals surface area contributed by atoms with Crippen molar-refractivity contribution < 1.29 is 14.3 Å². The van der Waals surface area contributed by atoms with Crippen molar-refractivity contribution in [1.82, 2.24) is 14.9 Å². The van der Waals surface area contributed by atoms with E-state index in [-0.39, 0.29) is 5.97 Å². The van der Waals surface area contributed by atoms with Crippen molar-refractivity contribution in [2.45, 2.75) is 26.3 Å². The minimum absolute atomic E-state index is 0.296. The van der Waals surface area contributed by atoms with Crippen LogP contribution in [-0.2, 0) is 22.4 Å². The number of nitrogens with zero attached hydrogens (tertiary/aromatic N) is 2. The van der Waals surface area contributed by atoms with Crippen molar-refractivity contribution in [1.29, 1.82) is 0 Å². The summed E-state index contributed by atoms with van der Waals surface area (Å²) < 4.78 is 10.3. The Hall–Kier alpha value is -1.44. The second-order valence-electron chi connectivity index (χ2n) is 5.39. The molecule has 22 heavy (non-hydrogen) atoms. The van der Waals surface area contributed by atoms with Gasteiger partial charge in [0.1, 0.15) is 16.2 Å². The number of ether oxygens (including phenoxy) is 2. The molecule has 1 saturated heterocycles. The molecular weight excluding hydrogens is 302 g/mol. The van der Waals surface area contributed by atoms with E-state index in [0.29, 0.717) is 4.88 Å². The van der Waals surface area contributed by atoms with Gasteiger partial charge in [-0.2, -0.15) is 0 Å². The maximum absolute atomic E-state index is 12.0. The molecule has 0 spiro atoms. The van der Waals surface area contributed by atoms with E-state index in [0.717, 1.165) is 67.4 Å². The first kappa shape index (κ1) is 15.5. The topological polar surface area (TPSA) is 67.5 Å². The quantitative estimate of drug-likeness (QED) is 0.854. The number of rotatable bonds is 5. The van der Waals surface area contributed by atoms with Crippen LogP contribution < -0.4 is 0 Å². The lowest BCUT2D eigenvalue weighted by Crippen LogP contribution is -2.35. The number of carbonyl (C=O) groups is 1. The third-order valence-electron chi connectivity index (χ3n) is 3.80. The predicted molar refractivity (Wildman–Crippen MR) is 85.4 cm³/mol. The highest BCUT2D eigenvalue weighted by atomic mass is 32.1. The number of H-pyrrole nitrogens is 1. The van der Waals surface area contributed by atoms with Crippen LogP contribution in [0.2, 0.25) is 0 Å². The molecule has 3 rings (SSSR count). The lowest BCUT2D eigenvalue weighted by Gasteiger charge is -2.25. The van der Waals surface area contributed by atoms with Crippen LogP contribution in [0.4, 0.5) is 0 Å². The SMILES string of the molecule is CCCc1nc2c(CN3CCOCC3)sc(C(=O)OC)c2[nH]1. The Kier molecular flexibility index (Phi) is 4.75. The molecule has 0 aliphatic carbocycles. The first-order valence-electron chi connectivity index (χ1n) is 7.61. The fourth-order valence-electron chi connectivity index (χ4n) is 2.67. The standard InChI is InChI=1S/C15H21N3O3S/c1-3-4-11-16-12-10(9-18-5-7-21-8-6-18)22-14(13(12)17-11)15(19)20-2/h3-9H2,1-2H3,(H,16,17). The van der Waals surface area contributed by atoms with Gasteiger partial charge < -0.3 is 14.5 Å². The highest BCUT2D eigenvalue weighted by molar-refractivity contribution is 7.15. The van der Waals surface area contributed by atoms with Crippen molar-refractivity contribution in [2.24, 2.45) is 0 Å². The average molecular weight is 323 g/mol.